The molecular weight excluding hydrogens is 487 g/mol. The standard InChI is InChI=1S/C28H27FN6O3/c1-28(26-33-25(38-34-26)19-14-20(19)29)9-11-35(12-10-28)27(36)32-23-17(15-30)6-3-7-18(23)21-13-16-5-4-8-22(37-2)24(16)31-21/h3-8,13,19-20,31H,9-12,14H2,1-2H3,(H,32,36)/t19-,20+/m1/s1. The molecule has 2 aromatic heterocycles. The van der Waals surface area contributed by atoms with Gasteiger partial charge < -0.3 is 24.5 Å². The number of ether oxygens (including phenoxy) is 1. The summed E-state index contributed by atoms with van der Waals surface area (Å²) in [5.41, 5.74) is 2.78. The summed E-state index contributed by atoms with van der Waals surface area (Å²) in [6.45, 7) is 3.01. The molecule has 2 amide bonds. The first kappa shape index (κ1) is 24.0. The van der Waals surface area contributed by atoms with Gasteiger partial charge in [-0.05, 0) is 37.5 Å². The highest BCUT2D eigenvalue weighted by atomic mass is 19.1. The lowest BCUT2D eigenvalue weighted by molar-refractivity contribution is 0.169. The van der Waals surface area contributed by atoms with Gasteiger partial charge in [0, 0.05) is 35.1 Å². The molecule has 2 aromatic carbocycles. The number of nitrogens with zero attached hydrogens (tertiary/aromatic N) is 4. The molecule has 2 fully saturated rings. The zero-order chi connectivity index (χ0) is 26.4. The molecule has 38 heavy (non-hydrogen) atoms. The minimum absolute atomic E-state index is 0.279. The number of aromatic amines is 1. The fraction of sp³-hybridized carbons (Fsp3) is 0.357. The van der Waals surface area contributed by atoms with E-state index in [1.165, 1.54) is 0 Å². The van der Waals surface area contributed by atoms with E-state index in [9.17, 15) is 14.4 Å². The van der Waals surface area contributed by atoms with Gasteiger partial charge in [-0.3, -0.25) is 0 Å². The van der Waals surface area contributed by atoms with Crippen LogP contribution in [-0.2, 0) is 5.41 Å². The molecule has 3 heterocycles. The molecular formula is C28H27FN6O3. The van der Waals surface area contributed by atoms with Gasteiger partial charge in [0.05, 0.1) is 29.8 Å². The van der Waals surface area contributed by atoms with E-state index in [0.29, 0.717) is 66.6 Å². The summed E-state index contributed by atoms with van der Waals surface area (Å²) in [7, 11) is 1.62. The third-order valence-electron chi connectivity index (χ3n) is 7.71. The largest absolute Gasteiger partial charge is 0.495 e. The number of rotatable bonds is 5. The fourth-order valence-electron chi connectivity index (χ4n) is 5.11. The van der Waals surface area contributed by atoms with Gasteiger partial charge >= 0.3 is 6.03 Å². The Morgan fingerprint density at radius 3 is 2.76 bits per heavy atom. The molecule has 9 nitrogen and oxygen atoms in total. The molecule has 2 aliphatic rings. The normalized spacial score (nSPS) is 20.2. The maximum atomic E-state index is 13.4. The van der Waals surface area contributed by atoms with Crippen LogP contribution in [0.15, 0.2) is 47.0 Å². The Kier molecular flexibility index (Phi) is 5.79. The van der Waals surface area contributed by atoms with Crippen molar-refractivity contribution < 1.29 is 18.4 Å². The van der Waals surface area contributed by atoms with Crippen LogP contribution in [0.1, 0.15) is 49.4 Å². The number of alkyl halides is 1. The van der Waals surface area contributed by atoms with Crippen molar-refractivity contribution in [1.29, 1.82) is 5.26 Å². The number of urea groups is 1. The number of amides is 2. The molecule has 1 saturated carbocycles. The first-order valence-corrected chi connectivity index (χ1v) is 12.6. The minimum atomic E-state index is -0.894. The van der Waals surface area contributed by atoms with Gasteiger partial charge in [-0.1, -0.05) is 36.3 Å². The third kappa shape index (κ3) is 4.14. The van der Waals surface area contributed by atoms with Crippen molar-refractivity contribution in [3.8, 4) is 23.1 Å². The smallest absolute Gasteiger partial charge is 0.321 e. The quantitative estimate of drug-likeness (QED) is 0.362. The molecule has 1 aliphatic heterocycles. The van der Waals surface area contributed by atoms with Gasteiger partial charge in [-0.15, -0.1) is 0 Å². The van der Waals surface area contributed by atoms with Crippen LogP contribution < -0.4 is 10.1 Å². The highest BCUT2D eigenvalue weighted by molar-refractivity contribution is 5.98. The number of anilines is 1. The maximum Gasteiger partial charge on any atom is 0.321 e. The lowest BCUT2D eigenvalue weighted by atomic mass is 9.80. The molecule has 6 rings (SSSR count). The van der Waals surface area contributed by atoms with E-state index in [-0.39, 0.29) is 17.4 Å². The first-order chi connectivity index (χ1) is 18.4. The predicted molar refractivity (Wildman–Crippen MR) is 139 cm³/mol. The van der Waals surface area contributed by atoms with Gasteiger partial charge in [-0.25, -0.2) is 9.18 Å². The second kappa shape index (κ2) is 9.17. The van der Waals surface area contributed by atoms with E-state index in [0.717, 1.165) is 16.6 Å². The zero-order valence-corrected chi connectivity index (χ0v) is 21.1. The predicted octanol–water partition coefficient (Wildman–Crippen LogP) is 5.51. The summed E-state index contributed by atoms with van der Waals surface area (Å²) in [5.74, 6) is 1.36. The minimum Gasteiger partial charge on any atom is -0.495 e. The van der Waals surface area contributed by atoms with Crippen LogP contribution in [0, 0.1) is 11.3 Å². The number of fused-ring (bicyclic) bond motifs is 1. The Hall–Kier alpha value is -4.39. The molecule has 0 bridgehead atoms. The Balaban J connectivity index is 1.21. The number of halogens is 1. The average Bonchev–Trinajstić information content (AvgIpc) is 3.31. The van der Waals surface area contributed by atoms with Crippen LogP contribution in [0.3, 0.4) is 0 Å². The Morgan fingerprint density at radius 1 is 1.29 bits per heavy atom. The van der Waals surface area contributed by atoms with Gasteiger partial charge in [0.15, 0.2) is 5.82 Å². The van der Waals surface area contributed by atoms with Crippen molar-refractivity contribution in [2.75, 3.05) is 25.5 Å². The van der Waals surface area contributed by atoms with Crippen LogP contribution in [0.2, 0.25) is 0 Å². The molecule has 0 spiro atoms. The number of benzene rings is 2. The van der Waals surface area contributed by atoms with E-state index in [4.69, 9.17) is 9.26 Å². The van der Waals surface area contributed by atoms with Gasteiger partial charge in [0.1, 0.15) is 18.0 Å². The van der Waals surface area contributed by atoms with Crippen LogP contribution in [0.5, 0.6) is 5.75 Å². The molecule has 10 heteroatoms. The Morgan fingerprint density at radius 2 is 2.05 bits per heavy atom. The number of hydrogen-bond donors (Lipinski definition) is 2. The fourth-order valence-corrected chi connectivity index (χ4v) is 5.11. The number of carbonyl (C=O) groups is 1. The van der Waals surface area contributed by atoms with E-state index in [1.807, 2.05) is 37.3 Å². The molecule has 4 aromatic rings. The topological polar surface area (TPSA) is 120 Å². The summed E-state index contributed by atoms with van der Waals surface area (Å²) in [6, 6.07) is 15.0. The summed E-state index contributed by atoms with van der Waals surface area (Å²) in [6.07, 6.45) is 0.814. The molecule has 0 radical (unpaired) electrons. The van der Waals surface area contributed by atoms with Crippen LogP contribution in [0.4, 0.5) is 14.9 Å². The second-order valence-corrected chi connectivity index (χ2v) is 10.2. The molecule has 1 saturated heterocycles. The zero-order valence-electron chi connectivity index (χ0n) is 21.1. The Bertz CT molecular complexity index is 1560. The highest BCUT2D eigenvalue weighted by Crippen LogP contribution is 2.44. The first-order valence-electron chi connectivity index (χ1n) is 12.6. The number of carbonyl (C=O) groups excluding carboxylic acids is 1. The van der Waals surface area contributed by atoms with Crippen molar-refractivity contribution in [2.45, 2.75) is 43.7 Å². The van der Waals surface area contributed by atoms with Crippen molar-refractivity contribution >= 4 is 22.6 Å². The van der Waals surface area contributed by atoms with Gasteiger partial charge in [-0.2, -0.15) is 10.2 Å². The number of aromatic nitrogens is 3. The van der Waals surface area contributed by atoms with Crippen molar-refractivity contribution in [3.05, 3.63) is 59.7 Å². The molecule has 194 valence electrons. The van der Waals surface area contributed by atoms with E-state index in [1.54, 1.807) is 24.1 Å². The van der Waals surface area contributed by atoms with Crippen LogP contribution in [0.25, 0.3) is 22.2 Å². The van der Waals surface area contributed by atoms with E-state index >= 15 is 0 Å². The van der Waals surface area contributed by atoms with Crippen molar-refractivity contribution in [3.63, 3.8) is 0 Å². The number of piperidine rings is 1. The SMILES string of the molecule is COc1cccc2cc(-c3cccc(C#N)c3NC(=O)N3CCC(C)(c4noc([C@@H]5C[C@@H]5F)n4)CC3)[nH]c12. The number of methoxy groups -OCH3 is 1. The van der Waals surface area contributed by atoms with Crippen LogP contribution >= 0.6 is 0 Å². The van der Waals surface area contributed by atoms with Gasteiger partial charge in [0.2, 0.25) is 5.89 Å². The number of nitrogens with one attached hydrogen (secondary N) is 2. The molecule has 2 atom stereocenters. The summed E-state index contributed by atoms with van der Waals surface area (Å²) >= 11 is 0. The van der Waals surface area contributed by atoms with Gasteiger partial charge in [0.25, 0.3) is 0 Å². The lowest BCUT2D eigenvalue weighted by Gasteiger charge is -2.37. The monoisotopic (exact) mass is 514 g/mol. The third-order valence-corrected chi connectivity index (χ3v) is 7.71. The number of nitriles is 1. The van der Waals surface area contributed by atoms with Crippen LogP contribution in [-0.4, -0.2) is 52.4 Å². The number of H-pyrrole nitrogens is 1. The summed E-state index contributed by atoms with van der Waals surface area (Å²) < 4.78 is 24.2. The number of likely N-dealkylation sites (tertiary alicyclic amines) is 1. The maximum absolute atomic E-state index is 13.4. The van der Waals surface area contributed by atoms with Crippen molar-refractivity contribution in [1.82, 2.24) is 20.0 Å². The molecule has 2 N–H and O–H groups in total. The van der Waals surface area contributed by atoms with E-state index in [2.05, 4.69) is 26.5 Å². The molecule has 0 unspecified atom stereocenters. The second-order valence-electron chi connectivity index (χ2n) is 10.2. The van der Waals surface area contributed by atoms with Crippen molar-refractivity contribution in [2.24, 2.45) is 0 Å². The summed E-state index contributed by atoms with van der Waals surface area (Å²) in [5, 5.41) is 17.9. The Labute approximate surface area is 218 Å². The number of hydrogen-bond acceptors (Lipinski definition) is 6. The molecule has 1 aliphatic carbocycles. The summed E-state index contributed by atoms with van der Waals surface area (Å²) in [4.78, 5) is 22.9. The lowest BCUT2D eigenvalue weighted by Crippen LogP contribution is -2.46. The highest BCUT2D eigenvalue weighted by Gasteiger charge is 2.45. The average molecular weight is 515 g/mol. The van der Waals surface area contributed by atoms with E-state index < -0.39 is 6.17 Å². The number of para-hydroxylation sites is 2.